The molecule has 1 amide bonds. The number of aliphatic carboxylic acids is 1. The topological polar surface area (TPSA) is 75.6 Å². The molecule has 2 aliphatic rings. The predicted octanol–water partition coefficient (Wildman–Crippen LogP) is 2.03. The first kappa shape index (κ1) is 16.0. The van der Waals surface area contributed by atoms with Crippen LogP contribution in [0.1, 0.15) is 40.7 Å². The summed E-state index contributed by atoms with van der Waals surface area (Å²) in [6.45, 7) is 1.39. The number of fused-ring (bicyclic) bond motifs is 1. The Kier molecular flexibility index (Phi) is 4.96. The van der Waals surface area contributed by atoms with Gasteiger partial charge in [0.1, 0.15) is 0 Å². The SMILES string of the molecule is O=C(NCC(C(=O)O)C1CCOCC1)c1cccc2c1CCC2. The number of hydrogen-bond acceptors (Lipinski definition) is 3. The highest BCUT2D eigenvalue weighted by molar-refractivity contribution is 5.96. The Bertz CT molecular complexity index is 593. The number of rotatable bonds is 5. The summed E-state index contributed by atoms with van der Waals surface area (Å²) in [4.78, 5) is 24.0. The molecule has 1 aromatic carbocycles. The van der Waals surface area contributed by atoms with E-state index >= 15 is 0 Å². The number of carboxylic acid groups (broad SMARTS) is 1. The highest BCUT2D eigenvalue weighted by Gasteiger charge is 2.30. The first-order valence-corrected chi connectivity index (χ1v) is 8.36. The van der Waals surface area contributed by atoms with Gasteiger partial charge in [0.25, 0.3) is 5.91 Å². The summed E-state index contributed by atoms with van der Waals surface area (Å²) < 4.78 is 5.29. The van der Waals surface area contributed by atoms with Gasteiger partial charge < -0.3 is 15.2 Å². The number of carbonyl (C=O) groups excluding carboxylic acids is 1. The Morgan fingerprint density at radius 2 is 2.04 bits per heavy atom. The van der Waals surface area contributed by atoms with Crippen LogP contribution in [0, 0.1) is 11.8 Å². The number of hydrogen-bond donors (Lipinski definition) is 2. The molecule has 2 N–H and O–H groups in total. The first-order valence-electron chi connectivity index (χ1n) is 8.36. The molecule has 3 rings (SSSR count). The minimum absolute atomic E-state index is 0.0723. The molecule has 0 aromatic heterocycles. The maximum Gasteiger partial charge on any atom is 0.308 e. The number of nitrogens with one attached hydrogen (secondary N) is 1. The molecule has 1 aromatic rings. The third kappa shape index (κ3) is 3.55. The van der Waals surface area contributed by atoms with Crippen molar-refractivity contribution in [3.8, 4) is 0 Å². The van der Waals surface area contributed by atoms with Gasteiger partial charge in [-0.1, -0.05) is 12.1 Å². The van der Waals surface area contributed by atoms with E-state index in [-0.39, 0.29) is 18.4 Å². The fraction of sp³-hybridized carbons (Fsp3) is 0.556. The van der Waals surface area contributed by atoms with E-state index in [1.807, 2.05) is 12.1 Å². The molecule has 23 heavy (non-hydrogen) atoms. The van der Waals surface area contributed by atoms with Gasteiger partial charge in [-0.05, 0) is 55.2 Å². The second-order valence-electron chi connectivity index (χ2n) is 6.40. The molecule has 5 heteroatoms. The normalized spacial score (nSPS) is 19.1. The van der Waals surface area contributed by atoms with Crippen LogP contribution in [0.3, 0.4) is 0 Å². The highest BCUT2D eigenvalue weighted by atomic mass is 16.5. The number of benzene rings is 1. The Balaban J connectivity index is 1.65. The average Bonchev–Trinajstić information content (AvgIpc) is 3.04. The van der Waals surface area contributed by atoms with E-state index in [2.05, 4.69) is 11.4 Å². The van der Waals surface area contributed by atoms with Crippen molar-refractivity contribution in [3.63, 3.8) is 0 Å². The van der Waals surface area contributed by atoms with Gasteiger partial charge in [-0.2, -0.15) is 0 Å². The lowest BCUT2D eigenvalue weighted by Crippen LogP contribution is -2.39. The molecule has 1 heterocycles. The smallest absolute Gasteiger partial charge is 0.308 e. The van der Waals surface area contributed by atoms with E-state index in [1.54, 1.807) is 0 Å². The molecule has 5 nitrogen and oxygen atoms in total. The van der Waals surface area contributed by atoms with Crippen molar-refractivity contribution in [2.24, 2.45) is 11.8 Å². The molecule has 1 aliphatic carbocycles. The van der Waals surface area contributed by atoms with Gasteiger partial charge in [0, 0.05) is 25.3 Å². The lowest BCUT2D eigenvalue weighted by Gasteiger charge is -2.27. The van der Waals surface area contributed by atoms with Crippen LogP contribution < -0.4 is 5.32 Å². The van der Waals surface area contributed by atoms with Gasteiger partial charge in [-0.15, -0.1) is 0 Å². The van der Waals surface area contributed by atoms with E-state index in [4.69, 9.17) is 4.74 Å². The number of amides is 1. The second kappa shape index (κ2) is 7.13. The zero-order valence-corrected chi connectivity index (χ0v) is 13.2. The van der Waals surface area contributed by atoms with Crippen molar-refractivity contribution in [1.82, 2.24) is 5.32 Å². The number of ether oxygens (including phenoxy) is 1. The predicted molar refractivity (Wildman–Crippen MR) is 85.5 cm³/mol. The molecule has 0 spiro atoms. The Labute approximate surface area is 136 Å². The van der Waals surface area contributed by atoms with Gasteiger partial charge in [0.2, 0.25) is 0 Å². The zero-order valence-electron chi connectivity index (χ0n) is 13.2. The third-order valence-corrected chi connectivity index (χ3v) is 5.03. The van der Waals surface area contributed by atoms with Gasteiger partial charge in [-0.25, -0.2) is 0 Å². The van der Waals surface area contributed by atoms with Crippen LogP contribution in [0.25, 0.3) is 0 Å². The van der Waals surface area contributed by atoms with Crippen LogP contribution in [0.15, 0.2) is 18.2 Å². The molecule has 1 saturated heterocycles. The van der Waals surface area contributed by atoms with Crippen molar-refractivity contribution in [2.75, 3.05) is 19.8 Å². The van der Waals surface area contributed by atoms with E-state index in [0.29, 0.717) is 18.8 Å². The fourth-order valence-electron chi connectivity index (χ4n) is 3.70. The van der Waals surface area contributed by atoms with Crippen LogP contribution in [0.2, 0.25) is 0 Å². The van der Waals surface area contributed by atoms with Crippen molar-refractivity contribution >= 4 is 11.9 Å². The average molecular weight is 317 g/mol. The monoisotopic (exact) mass is 317 g/mol. The van der Waals surface area contributed by atoms with Crippen molar-refractivity contribution in [2.45, 2.75) is 32.1 Å². The number of carbonyl (C=O) groups is 2. The van der Waals surface area contributed by atoms with Crippen LogP contribution in [-0.4, -0.2) is 36.7 Å². The van der Waals surface area contributed by atoms with Crippen LogP contribution in [0.4, 0.5) is 0 Å². The Hall–Kier alpha value is -1.88. The summed E-state index contributed by atoms with van der Waals surface area (Å²) in [7, 11) is 0. The number of carboxylic acids is 1. The van der Waals surface area contributed by atoms with E-state index in [1.165, 1.54) is 5.56 Å². The maximum absolute atomic E-state index is 12.5. The molecule has 1 unspecified atom stereocenters. The van der Waals surface area contributed by atoms with Crippen molar-refractivity contribution in [3.05, 3.63) is 34.9 Å². The van der Waals surface area contributed by atoms with Crippen LogP contribution >= 0.6 is 0 Å². The Morgan fingerprint density at radius 1 is 1.26 bits per heavy atom. The van der Waals surface area contributed by atoms with E-state index in [9.17, 15) is 14.7 Å². The standard InChI is InChI=1S/C18H23NO4/c20-17(15-6-2-4-12-3-1-5-14(12)15)19-11-16(18(21)22)13-7-9-23-10-8-13/h2,4,6,13,16H,1,3,5,7-11H2,(H,19,20)(H,21,22). The summed E-state index contributed by atoms with van der Waals surface area (Å²) >= 11 is 0. The summed E-state index contributed by atoms with van der Waals surface area (Å²) in [5.74, 6) is -1.46. The fourth-order valence-corrected chi connectivity index (χ4v) is 3.70. The van der Waals surface area contributed by atoms with Crippen LogP contribution in [-0.2, 0) is 22.4 Å². The minimum atomic E-state index is -0.838. The molecule has 0 radical (unpaired) electrons. The third-order valence-electron chi connectivity index (χ3n) is 5.03. The summed E-state index contributed by atoms with van der Waals surface area (Å²) in [6.07, 6.45) is 4.53. The summed E-state index contributed by atoms with van der Waals surface area (Å²) in [6, 6.07) is 5.82. The molecule has 1 aliphatic heterocycles. The Morgan fingerprint density at radius 3 is 2.78 bits per heavy atom. The van der Waals surface area contributed by atoms with E-state index < -0.39 is 11.9 Å². The van der Waals surface area contributed by atoms with Crippen molar-refractivity contribution < 1.29 is 19.4 Å². The molecule has 124 valence electrons. The van der Waals surface area contributed by atoms with E-state index in [0.717, 1.165) is 37.7 Å². The maximum atomic E-state index is 12.5. The summed E-state index contributed by atoms with van der Waals surface area (Å²) in [5, 5.41) is 12.3. The largest absolute Gasteiger partial charge is 0.481 e. The minimum Gasteiger partial charge on any atom is -0.481 e. The number of aryl methyl sites for hydroxylation is 1. The first-order chi connectivity index (χ1) is 11.2. The van der Waals surface area contributed by atoms with Gasteiger partial charge in [-0.3, -0.25) is 9.59 Å². The summed E-state index contributed by atoms with van der Waals surface area (Å²) in [5.41, 5.74) is 3.08. The highest BCUT2D eigenvalue weighted by Crippen LogP contribution is 2.26. The zero-order chi connectivity index (χ0) is 16.2. The van der Waals surface area contributed by atoms with Crippen LogP contribution in [0.5, 0.6) is 0 Å². The molecular weight excluding hydrogens is 294 g/mol. The molecule has 1 atom stereocenters. The van der Waals surface area contributed by atoms with Gasteiger partial charge in [0.15, 0.2) is 0 Å². The molecule has 0 saturated carbocycles. The molecule has 0 bridgehead atoms. The van der Waals surface area contributed by atoms with Gasteiger partial charge >= 0.3 is 5.97 Å². The van der Waals surface area contributed by atoms with Crippen molar-refractivity contribution in [1.29, 1.82) is 0 Å². The lowest BCUT2D eigenvalue weighted by atomic mass is 9.86. The molecular formula is C18H23NO4. The quantitative estimate of drug-likeness (QED) is 0.871. The lowest BCUT2D eigenvalue weighted by molar-refractivity contribution is -0.144. The molecule has 1 fully saturated rings. The van der Waals surface area contributed by atoms with Gasteiger partial charge in [0.05, 0.1) is 5.92 Å². The second-order valence-corrected chi connectivity index (χ2v) is 6.40.